The van der Waals surface area contributed by atoms with Crippen molar-refractivity contribution in [2.45, 2.75) is 64.6 Å². The number of carbonyl (C=O) groups excluding carboxylic acids is 2. The van der Waals surface area contributed by atoms with Crippen LogP contribution in [0.3, 0.4) is 0 Å². The van der Waals surface area contributed by atoms with Crippen molar-refractivity contribution in [3.63, 3.8) is 0 Å². The highest BCUT2D eigenvalue weighted by Crippen LogP contribution is 2.39. The van der Waals surface area contributed by atoms with E-state index in [2.05, 4.69) is 34.5 Å². The Morgan fingerprint density at radius 3 is 2.25 bits per heavy atom. The van der Waals surface area contributed by atoms with Crippen molar-refractivity contribution in [2.24, 2.45) is 11.8 Å². The molecular weight excluding hydrogens is 552 g/mol. The van der Waals surface area contributed by atoms with Gasteiger partial charge in [0.2, 0.25) is 0 Å². The second-order valence-electron chi connectivity index (χ2n) is 13.1. The minimum atomic E-state index is -0.461. The predicted octanol–water partition coefficient (Wildman–Crippen LogP) is 7.15. The summed E-state index contributed by atoms with van der Waals surface area (Å²) in [5.74, 6) is 0.932. The standard InChI is InChI=1S/C37H46N2O5/c1-37(2,3)44-35(40)18-21-42-20-17-28-11-9-10-27(22-28)16-19-39-25-30-23-32(24-31(30)26-39)43-36(41)38-34-15-8-7-14-33(34)29-12-5-4-6-13-29/h4-15,22,30-32H,16-21,23-26H2,1-3H3,(H,38,41)/t30-,31?,32?/m1/s1. The molecule has 3 aromatic rings. The zero-order chi connectivity index (χ0) is 30.9. The minimum Gasteiger partial charge on any atom is -0.460 e. The lowest BCUT2D eigenvalue weighted by atomic mass is 10.0. The molecule has 0 spiro atoms. The van der Waals surface area contributed by atoms with Crippen LogP contribution < -0.4 is 5.32 Å². The number of esters is 1. The van der Waals surface area contributed by atoms with Crippen molar-refractivity contribution in [2.75, 3.05) is 38.2 Å². The molecule has 1 aliphatic carbocycles. The van der Waals surface area contributed by atoms with E-state index in [1.165, 1.54) is 11.1 Å². The lowest BCUT2D eigenvalue weighted by Crippen LogP contribution is -2.27. The van der Waals surface area contributed by atoms with Crippen LogP contribution in [0.5, 0.6) is 0 Å². The first kappa shape index (κ1) is 31.7. The Labute approximate surface area is 261 Å². The van der Waals surface area contributed by atoms with Gasteiger partial charge < -0.3 is 19.1 Å². The topological polar surface area (TPSA) is 77.1 Å². The molecule has 2 fully saturated rings. The third-order valence-electron chi connectivity index (χ3n) is 8.42. The Morgan fingerprint density at radius 2 is 1.52 bits per heavy atom. The van der Waals surface area contributed by atoms with Crippen LogP contribution in [0.2, 0.25) is 0 Å². The van der Waals surface area contributed by atoms with E-state index >= 15 is 0 Å². The summed E-state index contributed by atoms with van der Waals surface area (Å²) in [6, 6.07) is 26.6. The van der Waals surface area contributed by atoms with Gasteiger partial charge in [0.15, 0.2) is 0 Å². The second-order valence-corrected chi connectivity index (χ2v) is 13.1. The van der Waals surface area contributed by atoms with Crippen LogP contribution in [0.25, 0.3) is 11.1 Å². The maximum atomic E-state index is 12.8. The number of para-hydroxylation sites is 1. The third-order valence-corrected chi connectivity index (χ3v) is 8.42. The van der Waals surface area contributed by atoms with Crippen LogP contribution >= 0.6 is 0 Å². The van der Waals surface area contributed by atoms with E-state index < -0.39 is 5.60 Å². The van der Waals surface area contributed by atoms with E-state index in [0.29, 0.717) is 25.0 Å². The number of fused-ring (bicyclic) bond motifs is 1. The van der Waals surface area contributed by atoms with Gasteiger partial charge in [-0.1, -0.05) is 72.8 Å². The first-order valence-corrected chi connectivity index (χ1v) is 15.9. The fourth-order valence-corrected chi connectivity index (χ4v) is 6.44. The summed E-state index contributed by atoms with van der Waals surface area (Å²) < 4.78 is 16.9. The number of carbonyl (C=O) groups is 2. The molecule has 2 aliphatic rings. The molecule has 1 N–H and O–H groups in total. The molecule has 0 bridgehead atoms. The molecule has 0 radical (unpaired) electrons. The summed E-state index contributed by atoms with van der Waals surface area (Å²) in [7, 11) is 0. The third kappa shape index (κ3) is 9.41. The molecule has 7 heteroatoms. The molecule has 1 saturated carbocycles. The number of nitrogens with zero attached hydrogens (tertiary/aromatic N) is 1. The first-order chi connectivity index (χ1) is 21.2. The maximum absolute atomic E-state index is 12.8. The minimum absolute atomic E-state index is 0.0286. The normalized spacial score (nSPS) is 19.8. The molecular formula is C37H46N2O5. The summed E-state index contributed by atoms with van der Waals surface area (Å²) in [6.07, 6.45) is 3.57. The Hall–Kier alpha value is -3.68. The van der Waals surface area contributed by atoms with Gasteiger partial charge in [-0.25, -0.2) is 4.79 Å². The average molecular weight is 599 g/mol. The van der Waals surface area contributed by atoms with Gasteiger partial charge in [-0.15, -0.1) is 0 Å². The van der Waals surface area contributed by atoms with Crippen LogP contribution in [0, 0.1) is 11.8 Å². The largest absolute Gasteiger partial charge is 0.460 e. The summed E-state index contributed by atoms with van der Waals surface area (Å²) in [6.45, 7) is 9.74. The fourth-order valence-electron chi connectivity index (χ4n) is 6.44. The summed E-state index contributed by atoms with van der Waals surface area (Å²) >= 11 is 0. The van der Waals surface area contributed by atoms with Gasteiger partial charge >= 0.3 is 12.1 Å². The van der Waals surface area contributed by atoms with Gasteiger partial charge in [-0.3, -0.25) is 10.1 Å². The summed E-state index contributed by atoms with van der Waals surface area (Å²) in [5.41, 5.74) is 4.94. The molecule has 2 unspecified atom stereocenters. The van der Waals surface area contributed by atoms with E-state index in [9.17, 15) is 9.59 Å². The van der Waals surface area contributed by atoms with Crippen LogP contribution in [0.1, 0.15) is 51.2 Å². The molecule has 1 amide bonds. The first-order valence-electron chi connectivity index (χ1n) is 15.9. The number of amides is 1. The van der Waals surface area contributed by atoms with Crippen LogP contribution in [0.15, 0.2) is 78.9 Å². The number of hydrogen-bond acceptors (Lipinski definition) is 6. The SMILES string of the molecule is CC(C)(C)OC(=O)CCOCCc1cccc(CCN2CC3CC(OC(=O)Nc4ccccc4-c4ccccc4)C[C@@H]3C2)c1. The Morgan fingerprint density at radius 1 is 0.841 bits per heavy atom. The highest BCUT2D eigenvalue weighted by molar-refractivity contribution is 5.91. The molecule has 3 atom stereocenters. The van der Waals surface area contributed by atoms with Gasteiger partial charge in [0, 0.05) is 25.2 Å². The quantitative estimate of drug-likeness (QED) is 0.176. The number of rotatable bonds is 12. The number of ether oxygens (including phenoxy) is 3. The van der Waals surface area contributed by atoms with Crippen molar-refractivity contribution >= 4 is 17.7 Å². The molecule has 7 nitrogen and oxygen atoms in total. The van der Waals surface area contributed by atoms with Gasteiger partial charge in [-0.2, -0.15) is 0 Å². The van der Waals surface area contributed by atoms with Crippen LogP contribution in [-0.4, -0.2) is 61.5 Å². The zero-order valence-electron chi connectivity index (χ0n) is 26.3. The van der Waals surface area contributed by atoms with Crippen molar-refractivity contribution in [1.82, 2.24) is 4.90 Å². The highest BCUT2D eigenvalue weighted by atomic mass is 16.6. The molecule has 1 aliphatic heterocycles. The van der Waals surface area contributed by atoms with Crippen molar-refractivity contribution in [3.8, 4) is 11.1 Å². The molecule has 0 aromatic heterocycles. The fraction of sp³-hybridized carbons (Fsp3) is 0.459. The number of nitrogens with one attached hydrogen (secondary N) is 1. The Bertz CT molecular complexity index is 1370. The Kier molecular flexibility index (Phi) is 10.7. The Balaban J connectivity index is 0.999. The van der Waals surface area contributed by atoms with Gasteiger partial charge in [0.25, 0.3) is 0 Å². The van der Waals surface area contributed by atoms with Crippen molar-refractivity contribution in [1.29, 1.82) is 0 Å². The monoisotopic (exact) mass is 598 g/mol. The molecule has 5 rings (SSSR count). The lowest BCUT2D eigenvalue weighted by Gasteiger charge is -2.20. The van der Waals surface area contributed by atoms with Gasteiger partial charge in [0.1, 0.15) is 11.7 Å². The molecule has 3 aromatic carbocycles. The lowest BCUT2D eigenvalue weighted by molar-refractivity contribution is -0.156. The average Bonchev–Trinajstić information content (AvgIpc) is 3.54. The number of anilines is 1. The maximum Gasteiger partial charge on any atom is 0.411 e. The number of benzene rings is 3. The van der Waals surface area contributed by atoms with E-state index in [-0.39, 0.29) is 24.6 Å². The van der Waals surface area contributed by atoms with E-state index in [1.807, 2.05) is 75.4 Å². The van der Waals surface area contributed by atoms with Crippen LogP contribution in [-0.2, 0) is 31.8 Å². The smallest absolute Gasteiger partial charge is 0.411 e. The summed E-state index contributed by atoms with van der Waals surface area (Å²) in [5, 5.41) is 2.99. The van der Waals surface area contributed by atoms with Crippen molar-refractivity contribution in [3.05, 3.63) is 90.0 Å². The summed E-state index contributed by atoms with van der Waals surface area (Å²) in [4.78, 5) is 27.2. The predicted molar refractivity (Wildman–Crippen MR) is 174 cm³/mol. The molecule has 234 valence electrons. The van der Waals surface area contributed by atoms with Gasteiger partial charge in [-0.05, 0) is 81.0 Å². The van der Waals surface area contributed by atoms with Crippen LogP contribution in [0.4, 0.5) is 10.5 Å². The van der Waals surface area contributed by atoms with E-state index in [0.717, 1.165) is 62.1 Å². The molecule has 1 heterocycles. The molecule has 44 heavy (non-hydrogen) atoms. The van der Waals surface area contributed by atoms with E-state index in [4.69, 9.17) is 14.2 Å². The highest BCUT2D eigenvalue weighted by Gasteiger charge is 2.42. The van der Waals surface area contributed by atoms with Crippen molar-refractivity contribution < 1.29 is 23.8 Å². The number of hydrogen-bond donors (Lipinski definition) is 1. The van der Waals surface area contributed by atoms with E-state index in [1.54, 1.807) is 0 Å². The molecule has 1 saturated heterocycles. The second kappa shape index (κ2) is 14.9. The number of likely N-dealkylation sites (tertiary alicyclic amines) is 1. The zero-order valence-corrected chi connectivity index (χ0v) is 26.3. The van der Waals surface area contributed by atoms with Gasteiger partial charge in [0.05, 0.1) is 25.3 Å².